The van der Waals surface area contributed by atoms with E-state index in [1.54, 1.807) is 0 Å². The van der Waals surface area contributed by atoms with E-state index in [0.29, 0.717) is 12.2 Å². The van der Waals surface area contributed by atoms with Crippen molar-refractivity contribution in [1.82, 2.24) is 20.1 Å². The molecule has 1 aliphatic rings. The number of rotatable bonds is 8. The van der Waals surface area contributed by atoms with Crippen molar-refractivity contribution < 1.29 is 4.74 Å². The summed E-state index contributed by atoms with van der Waals surface area (Å²) < 4.78 is 8.11. The van der Waals surface area contributed by atoms with Crippen molar-refractivity contribution in [2.75, 3.05) is 39.8 Å². The van der Waals surface area contributed by atoms with Crippen LogP contribution in [0.15, 0.2) is 41.5 Å². The van der Waals surface area contributed by atoms with Gasteiger partial charge in [-0.05, 0) is 44.2 Å². The molecule has 6 heteroatoms. The van der Waals surface area contributed by atoms with E-state index in [9.17, 15) is 0 Å². The second-order valence-corrected chi connectivity index (χ2v) is 7.72. The number of aliphatic imine (C=N–C) groups is 1. The van der Waals surface area contributed by atoms with Gasteiger partial charge in [0.2, 0.25) is 0 Å². The monoisotopic (exact) mass is 385 g/mol. The Labute approximate surface area is 169 Å². The second-order valence-electron chi connectivity index (χ2n) is 7.72. The van der Waals surface area contributed by atoms with E-state index < -0.39 is 0 Å². The van der Waals surface area contributed by atoms with Crippen LogP contribution in [0.2, 0.25) is 0 Å². The molecule has 2 heterocycles. The predicted octanol–water partition coefficient (Wildman–Crippen LogP) is 2.70. The molecule has 0 bridgehead atoms. The molecule has 1 aromatic heterocycles. The molecule has 2 N–H and O–H groups in total. The number of hydrogen-bond donors (Lipinski definition) is 2. The van der Waals surface area contributed by atoms with Gasteiger partial charge in [-0.15, -0.1) is 0 Å². The van der Waals surface area contributed by atoms with E-state index in [4.69, 9.17) is 4.74 Å². The van der Waals surface area contributed by atoms with Crippen molar-refractivity contribution in [2.45, 2.75) is 45.4 Å². The molecule has 1 fully saturated rings. The highest BCUT2D eigenvalue weighted by Crippen LogP contribution is 2.15. The molecule has 1 aromatic carbocycles. The van der Waals surface area contributed by atoms with Gasteiger partial charge in [0.15, 0.2) is 5.96 Å². The van der Waals surface area contributed by atoms with Gasteiger partial charge in [0, 0.05) is 58.0 Å². The third-order valence-corrected chi connectivity index (χ3v) is 5.21. The van der Waals surface area contributed by atoms with Crippen LogP contribution in [0.1, 0.15) is 26.7 Å². The number of para-hydroxylation sites is 1. The Morgan fingerprint density at radius 1 is 1.04 bits per heavy atom. The molecule has 0 amide bonds. The highest BCUT2D eigenvalue weighted by atomic mass is 16.5. The molecular weight excluding hydrogens is 350 g/mol. The average molecular weight is 386 g/mol. The Bertz CT molecular complexity index is 746. The summed E-state index contributed by atoms with van der Waals surface area (Å²) in [7, 11) is 1.83. The maximum Gasteiger partial charge on any atom is 0.190 e. The van der Waals surface area contributed by atoms with Crippen LogP contribution in [0.25, 0.3) is 10.9 Å². The van der Waals surface area contributed by atoms with Crippen LogP contribution in [0.4, 0.5) is 0 Å². The zero-order valence-corrected chi connectivity index (χ0v) is 17.5. The number of aromatic nitrogens is 1. The van der Waals surface area contributed by atoms with Gasteiger partial charge in [-0.25, -0.2) is 0 Å². The zero-order valence-electron chi connectivity index (χ0n) is 17.5. The molecule has 2 unspecified atom stereocenters. The number of aryl methyl sites for hydroxylation is 1. The minimum Gasteiger partial charge on any atom is -0.373 e. The number of benzene rings is 1. The van der Waals surface area contributed by atoms with Crippen molar-refractivity contribution in [2.24, 2.45) is 4.99 Å². The van der Waals surface area contributed by atoms with Crippen molar-refractivity contribution >= 4 is 16.9 Å². The van der Waals surface area contributed by atoms with Crippen LogP contribution in [0.3, 0.4) is 0 Å². The Morgan fingerprint density at radius 2 is 1.71 bits per heavy atom. The summed E-state index contributed by atoms with van der Waals surface area (Å²) in [6.45, 7) is 10.3. The van der Waals surface area contributed by atoms with Gasteiger partial charge in [-0.2, -0.15) is 0 Å². The van der Waals surface area contributed by atoms with Gasteiger partial charge in [-0.1, -0.05) is 18.2 Å². The molecule has 2 aromatic rings. The highest BCUT2D eigenvalue weighted by molar-refractivity contribution is 5.80. The van der Waals surface area contributed by atoms with E-state index >= 15 is 0 Å². The number of nitrogens with zero attached hydrogens (tertiary/aromatic N) is 3. The van der Waals surface area contributed by atoms with Crippen molar-refractivity contribution in [3.63, 3.8) is 0 Å². The minimum atomic E-state index is 0.337. The molecule has 28 heavy (non-hydrogen) atoms. The van der Waals surface area contributed by atoms with Gasteiger partial charge in [0.1, 0.15) is 0 Å². The quantitative estimate of drug-likeness (QED) is 0.417. The number of ether oxygens (including phenoxy) is 1. The molecule has 3 rings (SSSR count). The Hall–Kier alpha value is -2.05. The SMILES string of the molecule is CN=C(NCCCN1CC(C)OC(C)C1)NCCCn1ccc2ccccc21. The normalized spacial score (nSPS) is 21.2. The fourth-order valence-electron chi connectivity index (χ4n) is 3.99. The molecule has 0 spiro atoms. The van der Waals surface area contributed by atoms with E-state index in [-0.39, 0.29) is 0 Å². The summed E-state index contributed by atoms with van der Waals surface area (Å²) in [4.78, 5) is 6.83. The fourth-order valence-corrected chi connectivity index (χ4v) is 3.99. The number of hydrogen-bond acceptors (Lipinski definition) is 3. The first kappa shape index (κ1) is 20.7. The third-order valence-electron chi connectivity index (χ3n) is 5.21. The van der Waals surface area contributed by atoms with E-state index in [1.807, 2.05) is 7.05 Å². The van der Waals surface area contributed by atoms with Crippen LogP contribution >= 0.6 is 0 Å². The number of guanidine groups is 1. The Kier molecular flexibility index (Phi) is 7.74. The lowest BCUT2D eigenvalue weighted by atomic mass is 10.2. The molecule has 0 radical (unpaired) electrons. The van der Waals surface area contributed by atoms with E-state index in [2.05, 4.69) is 75.5 Å². The lowest BCUT2D eigenvalue weighted by Gasteiger charge is -2.35. The highest BCUT2D eigenvalue weighted by Gasteiger charge is 2.21. The van der Waals surface area contributed by atoms with Crippen LogP contribution in [-0.2, 0) is 11.3 Å². The summed E-state index contributed by atoms with van der Waals surface area (Å²) >= 11 is 0. The van der Waals surface area contributed by atoms with Crippen molar-refractivity contribution in [3.8, 4) is 0 Å². The maximum absolute atomic E-state index is 5.80. The number of fused-ring (bicyclic) bond motifs is 1. The summed E-state index contributed by atoms with van der Waals surface area (Å²) in [5.74, 6) is 0.890. The third kappa shape index (κ3) is 5.97. The fraction of sp³-hybridized carbons (Fsp3) is 0.591. The standard InChI is InChI=1S/C22H35N5O/c1-18-16-26(17-19(2)28-18)13-6-11-24-22(23-3)25-12-7-14-27-15-10-20-8-4-5-9-21(20)27/h4-5,8-10,15,18-19H,6-7,11-14,16-17H2,1-3H3,(H2,23,24,25). The zero-order chi connectivity index (χ0) is 19.8. The molecule has 154 valence electrons. The number of morpholine rings is 1. The second kappa shape index (κ2) is 10.5. The van der Waals surface area contributed by atoms with Gasteiger partial charge in [-0.3, -0.25) is 9.89 Å². The van der Waals surface area contributed by atoms with Crippen LogP contribution in [-0.4, -0.2) is 67.4 Å². The average Bonchev–Trinajstić information content (AvgIpc) is 3.09. The number of nitrogens with one attached hydrogen (secondary N) is 2. The maximum atomic E-state index is 5.80. The first-order valence-corrected chi connectivity index (χ1v) is 10.5. The van der Waals surface area contributed by atoms with Crippen LogP contribution in [0, 0.1) is 0 Å². The molecule has 2 atom stereocenters. The van der Waals surface area contributed by atoms with Gasteiger partial charge < -0.3 is 19.9 Å². The smallest absolute Gasteiger partial charge is 0.190 e. The summed E-state index contributed by atoms with van der Waals surface area (Å²) in [6.07, 6.45) is 5.01. The van der Waals surface area contributed by atoms with Crippen LogP contribution in [0.5, 0.6) is 0 Å². The van der Waals surface area contributed by atoms with Crippen molar-refractivity contribution in [1.29, 1.82) is 0 Å². The first-order valence-electron chi connectivity index (χ1n) is 10.5. The topological polar surface area (TPSA) is 53.8 Å². The van der Waals surface area contributed by atoms with Gasteiger partial charge >= 0.3 is 0 Å². The van der Waals surface area contributed by atoms with Gasteiger partial charge in [0.25, 0.3) is 0 Å². The van der Waals surface area contributed by atoms with E-state index in [0.717, 1.165) is 58.1 Å². The lowest BCUT2D eigenvalue weighted by Crippen LogP contribution is -2.46. The predicted molar refractivity (Wildman–Crippen MR) is 117 cm³/mol. The Balaban J connectivity index is 1.30. The summed E-state index contributed by atoms with van der Waals surface area (Å²) in [5, 5.41) is 8.16. The first-order chi connectivity index (χ1) is 13.7. The molecule has 0 saturated carbocycles. The van der Waals surface area contributed by atoms with E-state index in [1.165, 1.54) is 10.9 Å². The summed E-state index contributed by atoms with van der Waals surface area (Å²) in [5.41, 5.74) is 1.30. The van der Waals surface area contributed by atoms with Crippen LogP contribution < -0.4 is 10.6 Å². The largest absolute Gasteiger partial charge is 0.373 e. The molecule has 1 saturated heterocycles. The lowest BCUT2D eigenvalue weighted by molar-refractivity contribution is -0.0679. The van der Waals surface area contributed by atoms with Gasteiger partial charge in [0.05, 0.1) is 12.2 Å². The minimum absolute atomic E-state index is 0.337. The molecule has 6 nitrogen and oxygen atoms in total. The molecule has 1 aliphatic heterocycles. The molecule has 0 aliphatic carbocycles. The Morgan fingerprint density at radius 3 is 2.43 bits per heavy atom. The summed E-state index contributed by atoms with van der Waals surface area (Å²) in [6, 6.07) is 10.7. The van der Waals surface area contributed by atoms with Crippen molar-refractivity contribution in [3.05, 3.63) is 36.5 Å². The molecular formula is C22H35N5O.